The van der Waals surface area contributed by atoms with Crippen LogP contribution in [0, 0.1) is 31.3 Å². The van der Waals surface area contributed by atoms with Gasteiger partial charge in [0.15, 0.2) is 5.82 Å². The Balaban J connectivity index is 1.45. The van der Waals surface area contributed by atoms with Gasteiger partial charge < -0.3 is 10.2 Å². The number of aryl methyl sites for hydroxylation is 2. The molecule has 3 aromatic rings. The first-order chi connectivity index (χ1) is 14.3. The van der Waals surface area contributed by atoms with Gasteiger partial charge >= 0.3 is 0 Å². The number of nitrogens with zero attached hydrogens (tertiary/aromatic N) is 3. The van der Waals surface area contributed by atoms with E-state index < -0.39 is 29.5 Å². The van der Waals surface area contributed by atoms with Crippen molar-refractivity contribution in [1.29, 1.82) is 0 Å². The van der Waals surface area contributed by atoms with Crippen LogP contribution in [0.5, 0.6) is 0 Å². The molecule has 6 nitrogen and oxygen atoms in total. The Bertz CT molecular complexity index is 1170. The van der Waals surface area contributed by atoms with Gasteiger partial charge in [-0.3, -0.25) is 4.79 Å². The number of halogens is 3. The Labute approximate surface area is 170 Å². The van der Waals surface area contributed by atoms with E-state index in [2.05, 4.69) is 15.6 Å². The van der Waals surface area contributed by atoms with Crippen LogP contribution in [0.25, 0.3) is 5.69 Å². The lowest BCUT2D eigenvalue weighted by Gasteiger charge is -2.11. The Hall–Kier alpha value is -3.62. The third kappa shape index (κ3) is 3.78. The first kappa shape index (κ1) is 19.7. The molecule has 1 aromatic heterocycles. The smallest absolute Gasteiger partial charge is 0.268 e. The van der Waals surface area contributed by atoms with Gasteiger partial charge in [-0.15, -0.1) is 0 Å². The molecule has 0 fully saturated rings. The number of nitrogens with one attached hydrogen (secondary N) is 1. The van der Waals surface area contributed by atoms with Gasteiger partial charge in [-0.1, -0.05) is 5.16 Å². The summed E-state index contributed by atoms with van der Waals surface area (Å²) >= 11 is 0. The van der Waals surface area contributed by atoms with Crippen LogP contribution < -0.4 is 5.32 Å². The number of aromatic nitrogens is 2. The summed E-state index contributed by atoms with van der Waals surface area (Å²) in [6.07, 6.45) is -1.08. The second kappa shape index (κ2) is 7.66. The Kier molecular flexibility index (Phi) is 5.03. The largest absolute Gasteiger partial charge is 0.382 e. The summed E-state index contributed by atoms with van der Waals surface area (Å²) in [5.41, 5.74) is 2.06. The van der Waals surface area contributed by atoms with E-state index in [1.807, 2.05) is 19.9 Å². The highest BCUT2D eigenvalue weighted by molar-refractivity contribution is 6.06. The van der Waals surface area contributed by atoms with Gasteiger partial charge in [0.25, 0.3) is 5.91 Å². The fraction of sp³-hybridized carbons (Fsp3) is 0.190. The van der Waals surface area contributed by atoms with E-state index in [9.17, 15) is 18.0 Å². The van der Waals surface area contributed by atoms with Crippen molar-refractivity contribution >= 4 is 17.3 Å². The molecule has 0 bridgehead atoms. The molecular weight excluding hydrogens is 397 g/mol. The molecule has 2 heterocycles. The fourth-order valence-corrected chi connectivity index (χ4v) is 3.25. The van der Waals surface area contributed by atoms with Gasteiger partial charge in [-0.2, -0.15) is 5.10 Å². The van der Waals surface area contributed by atoms with Crippen LogP contribution in [0.4, 0.5) is 18.9 Å². The van der Waals surface area contributed by atoms with E-state index in [1.165, 1.54) is 22.9 Å². The number of hydrogen-bond acceptors (Lipinski definition) is 4. The molecule has 9 heteroatoms. The molecule has 30 heavy (non-hydrogen) atoms. The van der Waals surface area contributed by atoms with Crippen molar-refractivity contribution < 1.29 is 22.8 Å². The van der Waals surface area contributed by atoms with Gasteiger partial charge in [0.1, 0.15) is 17.3 Å². The molecule has 1 aliphatic rings. The number of anilines is 1. The number of carbonyl (C=O) groups excluding carboxylic acids is 1. The summed E-state index contributed by atoms with van der Waals surface area (Å²) in [5, 5.41) is 10.5. The number of benzene rings is 2. The minimum atomic E-state index is -1.04. The molecule has 2 aromatic carbocycles. The van der Waals surface area contributed by atoms with Crippen molar-refractivity contribution in [3.05, 3.63) is 76.9 Å². The van der Waals surface area contributed by atoms with Crippen molar-refractivity contribution in [2.45, 2.75) is 26.4 Å². The molecule has 4 rings (SSSR count). The molecule has 1 aliphatic heterocycles. The number of amides is 1. The van der Waals surface area contributed by atoms with E-state index in [1.54, 1.807) is 0 Å². The van der Waals surface area contributed by atoms with Crippen LogP contribution in [0.2, 0.25) is 0 Å². The number of rotatable bonds is 4. The van der Waals surface area contributed by atoms with Crippen molar-refractivity contribution in [3.8, 4) is 5.69 Å². The van der Waals surface area contributed by atoms with Crippen LogP contribution in [-0.2, 0) is 9.63 Å². The van der Waals surface area contributed by atoms with E-state index in [0.717, 1.165) is 29.6 Å². The van der Waals surface area contributed by atoms with E-state index in [0.29, 0.717) is 0 Å². The Morgan fingerprint density at radius 3 is 2.60 bits per heavy atom. The third-order valence-electron chi connectivity index (χ3n) is 4.65. The van der Waals surface area contributed by atoms with Gasteiger partial charge in [0.2, 0.25) is 6.10 Å². The highest BCUT2D eigenvalue weighted by atomic mass is 19.1. The average molecular weight is 414 g/mol. The second-order valence-electron chi connectivity index (χ2n) is 6.95. The van der Waals surface area contributed by atoms with E-state index >= 15 is 0 Å². The zero-order valence-corrected chi connectivity index (χ0v) is 16.1. The van der Waals surface area contributed by atoms with Crippen LogP contribution in [0.15, 0.2) is 47.6 Å². The summed E-state index contributed by atoms with van der Waals surface area (Å²) < 4.78 is 43.3. The predicted octanol–water partition coefficient (Wildman–Crippen LogP) is 4.04. The van der Waals surface area contributed by atoms with Crippen LogP contribution >= 0.6 is 0 Å². The standard InChI is InChI=1S/C21H17F3N4O2/c1-11-7-12(2)28(26-11)19-6-4-14(9-17(19)24)25-21(29)20-10-18(27-30-20)15-8-13(22)3-5-16(15)23/h3-9,20H,10H2,1-2H3,(H,25,29)/t20-/m0/s1. The maximum absolute atomic E-state index is 14.6. The molecule has 0 unspecified atom stereocenters. The number of hydrogen-bond donors (Lipinski definition) is 1. The molecular formula is C21H17F3N4O2. The van der Waals surface area contributed by atoms with E-state index in [4.69, 9.17) is 4.84 Å². The summed E-state index contributed by atoms with van der Waals surface area (Å²) in [6, 6.07) is 9.00. The number of carbonyl (C=O) groups is 1. The van der Waals surface area contributed by atoms with Gasteiger partial charge in [-0.25, -0.2) is 17.9 Å². The predicted molar refractivity (Wildman–Crippen MR) is 104 cm³/mol. The molecule has 1 atom stereocenters. The lowest BCUT2D eigenvalue weighted by molar-refractivity contribution is -0.125. The highest BCUT2D eigenvalue weighted by Gasteiger charge is 2.30. The minimum Gasteiger partial charge on any atom is -0.382 e. The van der Waals surface area contributed by atoms with Crippen molar-refractivity contribution in [1.82, 2.24) is 9.78 Å². The SMILES string of the molecule is Cc1cc(C)n(-c2ccc(NC(=O)[C@@H]3CC(c4cc(F)ccc4F)=NO3)cc2F)n1. The summed E-state index contributed by atoms with van der Waals surface area (Å²) in [6.45, 7) is 3.62. The van der Waals surface area contributed by atoms with Gasteiger partial charge in [0, 0.05) is 23.4 Å². The third-order valence-corrected chi connectivity index (χ3v) is 4.65. The maximum Gasteiger partial charge on any atom is 0.268 e. The summed E-state index contributed by atoms with van der Waals surface area (Å²) in [4.78, 5) is 17.5. The Morgan fingerprint density at radius 1 is 1.10 bits per heavy atom. The second-order valence-corrected chi connectivity index (χ2v) is 6.95. The van der Waals surface area contributed by atoms with E-state index in [-0.39, 0.29) is 29.1 Å². The molecule has 154 valence electrons. The monoisotopic (exact) mass is 414 g/mol. The lowest BCUT2D eigenvalue weighted by Crippen LogP contribution is -2.28. The normalized spacial score (nSPS) is 15.6. The molecule has 0 spiro atoms. The summed E-state index contributed by atoms with van der Waals surface area (Å²) in [5.74, 6) is -2.43. The van der Waals surface area contributed by atoms with Crippen molar-refractivity contribution in [2.75, 3.05) is 5.32 Å². The molecule has 0 aliphatic carbocycles. The van der Waals surface area contributed by atoms with Crippen molar-refractivity contribution in [2.24, 2.45) is 5.16 Å². The molecule has 0 saturated carbocycles. The number of oxime groups is 1. The fourth-order valence-electron chi connectivity index (χ4n) is 3.25. The topological polar surface area (TPSA) is 68.5 Å². The first-order valence-corrected chi connectivity index (χ1v) is 9.14. The zero-order chi connectivity index (χ0) is 21.4. The zero-order valence-electron chi connectivity index (χ0n) is 16.1. The minimum absolute atomic E-state index is 0.0431. The van der Waals surface area contributed by atoms with Gasteiger partial charge in [0.05, 0.1) is 11.4 Å². The first-order valence-electron chi connectivity index (χ1n) is 9.14. The molecule has 0 saturated heterocycles. The molecule has 0 radical (unpaired) electrons. The summed E-state index contributed by atoms with van der Waals surface area (Å²) in [7, 11) is 0. The molecule has 1 N–H and O–H groups in total. The van der Waals surface area contributed by atoms with Crippen LogP contribution in [-0.4, -0.2) is 27.5 Å². The average Bonchev–Trinajstić information content (AvgIpc) is 3.30. The van der Waals surface area contributed by atoms with Gasteiger partial charge in [-0.05, 0) is 56.3 Å². The lowest BCUT2D eigenvalue weighted by atomic mass is 10.0. The maximum atomic E-state index is 14.6. The van der Waals surface area contributed by atoms with Crippen LogP contribution in [0.3, 0.4) is 0 Å². The highest BCUT2D eigenvalue weighted by Crippen LogP contribution is 2.23. The quantitative estimate of drug-likeness (QED) is 0.701. The Morgan fingerprint density at radius 2 is 1.90 bits per heavy atom. The molecule has 1 amide bonds. The van der Waals surface area contributed by atoms with Crippen molar-refractivity contribution in [3.63, 3.8) is 0 Å². The van der Waals surface area contributed by atoms with Crippen LogP contribution in [0.1, 0.15) is 23.4 Å².